The largest absolute Gasteiger partial charge is 0.492 e. The van der Waals surface area contributed by atoms with Crippen molar-refractivity contribution in [3.05, 3.63) is 58.4 Å². The lowest BCUT2D eigenvalue weighted by atomic mass is 10.1. The Morgan fingerprint density at radius 1 is 1.33 bits per heavy atom. The van der Waals surface area contributed by atoms with E-state index in [1.54, 1.807) is 6.07 Å². The summed E-state index contributed by atoms with van der Waals surface area (Å²) in [6.45, 7) is 2.51. The molecule has 0 aromatic heterocycles. The zero-order valence-electron chi connectivity index (χ0n) is 11.8. The molecule has 3 rings (SSSR count). The number of hydrogen-bond donors (Lipinski definition) is 1. The molecule has 0 heterocycles. The predicted molar refractivity (Wildman–Crippen MR) is 83.7 cm³/mol. The lowest BCUT2D eigenvalue weighted by molar-refractivity contribution is 0.340. The van der Waals surface area contributed by atoms with Crippen molar-refractivity contribution in [3.8, 4) is 5.75 Å². The van der Waals surface area contributed by atoms with Gasteiger partial charge in [-0.3, -0.25) is 0 Å². The summed E-state index contributed by atoms with van der Waals surface area (Å²) in [5.74, 6) is 0.573. The highest BCUT2D eigenvalue weighted by molar-refractivity contribution is 6.32. The van der Waals surface area contributed by atoms with Crippen LogP contribution in [-0.2, 0) is 6.42 Å². The molecule has 0 saturated heterocycles. The first-order valence-corrected chi connectivity index (χ1v) is 7.53. The van der Waals surface area contributed by atoms with Crippen molar-refractivity contribution in [2.45, 2.75) is 25.8 Å². The van der Waals surface area contributed by atoms with E-state index in [0.717, 1.165) is 29.7 Å². The fraction of sp³-hybridized carbons (Fsp3) is 0.294. The second-order valence-electron chi connectivity index (χ2n) is 5.12. The molecular formula is C17H17ClFNO. The van der Waals surface area contributed by atoms with E-state index in [9.17, 15) is 4.39 Å². The topological polar surface area (TPSA) is 21.3 Å². The summed E-state index contributed by atoms with van der Waals surface area (Å²) in [5, 5.41) is 4.01. The van der Waals surface area contributed by atoms with Crippen LogP contribution in [0, 0.1) is 5.82 Å². The Kier molecular flexibility index (Phi) is 4.02. The van der Waals surface area contributed by atoms with Gasteiger partial charge in [-0.15, -0.1) is 0 Å². The minimum Gasteiger partial charge on any atom is -0.492 e. The smallest absolute Gasteiger partial charge is 0.138 e. The number of halogens is 2. The molecular weight excluding hydrogens is 289 g/mol. The maximum atomic E-state index is 13.7. The lowest BCUT2D eigenvalue weighted by Gasteiger charge is -2.16. The molecule has 1 aliphatic rings. The van der Waals surface area contributed by atoms with Crippen molar-refractivity contribution in [1.82, 2.24) is 0 Å². The predicted octanol–water partition coefficient (Wildman–Crippen LogP) is 4.98. The number of benzene rings is 2. The molecule has 2 nitrogen and oxygen atoms in total. The molecule has 1 unspecified atom stereocenters. The molecule has 2 aromatic rings. The highest BCUT2D eigenvalue weighted by atomic mass is 35.5. The number of rotatable bonds is 4. The molecule has 0 spiro atoms. The van der Waals surface area contributed by atoms with Crippen LogP contribution in [0.1, 0.15) is 30.5 Å². The van der Waals surface area contributed by atoms with Crippen LogP contribution in [0.5, 0.6) is 5.75 Å². The number of fused-ring (bicyclic) bond motifs is 1. The highest BCUT2D eigenvalue weighted by Gasteiger charge is 2.24. The third-order valence-electron chi connectivity index (χ3n) is 3.79. The van der Waals surface area contributed by atoms with Crippen molar-refractivity contribution in [1.29, 1.82) is 0 Å². The number of ether oxygens (including phenoxy) is 1. The Morgan fingerprint density at radius 2 is 2.19 bits per heavy atom. The van der Waals surface area contributed by atoms with E-state index in [0.29, 0.717) is 17.4 Å². The van der Waals surface area contributed by atoms with Crippen LogP contribution in [0.4, 0.5) is 10.1 Å². The van der Waals surface area contributed by atoms with Crippen molar-refractivity contribution in [2.75, 3.05) is 11.9 Å². The third kappa shape index (κ3) is 2.84. The minimum atomic E-state index is -0.110. The molecule has 0 saturated carbocycles. The molecule has 1 aliphatic carbocycles. The number of nitrogens with one attached hydrogen (secondary N) is 1. The van der Waals surface area contributed by atoms with Gasteiger partial charge >= 0.3 is 0 Å². The van der Waals surface area contributed by atoms with E-state index >= 15 is 0 Å². The quantitative estimate of drug-likeness (QED) is 0.860. The average molecular weight is 306 g/mol. The number of hydrogen-bond acceptors (Lipinski definition) is 2. The van der Waals surface area contributed by atoms with E-state index in [-0.39, 0.29) is 11.9 Å². The molecule has 0 fully saturated rings. The first-order chi connectivity index (χ1) is 10.2. The van der Waals surface area contributed by atoms with Crippen LogP contribution >= 0.6 is 11.6 Å². The van der Waals surface area contributed by atoms with Gasteiger partial charge in [0.2, 0.25) is 0 Å². The summed E-state index contributed by atoms with van der Waals surface area (Å²) >= 11 is 6.19. The fourth-order valence-corrected chi connectivity index (χ4v) is 3.06. The molecule has 0 amide bonds. The molecule has 0 aliphatic heterocycles. The average Bonchev–Trinajstić information content (AvgIpc) is 2.87. The van der Waals surface area contributed by atoms with Gasteiger partial charge in [0, 0.05) is 5.69 Å². The van der Waals surface area contributed by atoms with E-state index in [1.807, 2.05) is 31.2 Å². The van der Waals surface area contributed by atoms with Gasteiger partial charge in [-0.1, -0.05) is 23.7 Å². The summed E-state index contributed by atoms with van der Waals surface area (Å²) in [6.07, 6.45) is 1.66. The van der Waals surface area contributed by atoms with Crippen LogP contribution in [0.25, 0.3) is 0 Å². The Bertz CT molecular complexity index is 659. The van der Waals surface area contributed by atoms with Crippen LogP contribution < -0.4 is 10.1 Å². The van der Waals surface area contributed by atoms with Gasteiger partial charge in [0.25, 0.3) is 0 Å². The van der Waals surface area contributed by atoms with Crippen molar-refractivity contribution in [2.24, 2.45) is 0 Å². The van der Waals surface area contributed by atoms with E-state index in [4.69, 9.17) is 16.3 Å². The van der Waals surface area contributed by atoms with E-state index < -0.39 is 0 Å². The van der Waals surface area contributed by atoms with Gasteiger partial charge < -0.3 is 10.1 Å². The summed E-state index contributed by atoms with van der Waals surface area (Å²) in [7, 11) is 0. The van der Waals surface area contributed by atoms with E-state index in [1.165, 1.54) is 6.07 Å². The van der Waals surface area contributed by atoms with Crippen molar-refractivity contribution in [3.63, 3.8) is 0 Å². The summed E-state index contributed by atoms with van der Waals surface area (Å²) < 4.78 is 19.2. The van der Waals surface area contributed by atoms with Gasteiger partial charge in [-0.25, -0.2) is 4.39 Å². The maximum Gasteiger partial charge on any atom is 0.138 e. The summed E-state index contributed by atoms with van der Waals surface area (Å²) in [5.41, 5.74) is 2.79. The Labute approximate surface area is 128 Å². The Balaban J connectivity index is 1.80. The van der Waals surface area contributed by atoms with Crippen LogP contribution in [0.3, 0.4) is 0 Å². The molecule has 1 atom stereocenters. The third-order valence-corrected chi connectivity index (χ3v) is 4.08. The number of anilines is 1. The summed E-state index contributed by atoms with van der Waals surface area (Å²) in [4.78, 5) is 0. The van der Waals surface area contributed by atoms with Crippen molar-refractivity contribution >= 4 is 17.3 Å². The van der Waals surface area contributed by atoms with Gasteiger partial charge in [0.1, 0.15) is 11.6 Å². The molecule has 2 aromatic carbocycles. The highest BCUT2D eigenvalue weighted by Crippen LogP contribution is 2.36. The SMILES string of the molecule is CCOc1ccc(NC2CCc3c(F)cccc32)cc1Cl. The Morgan fingerprint density at radius 3 is 2.95 bits per heavy atom. The molecule has 1 N–H and O–H groups in total. The maximum absolute atomic E-state index is 13.7. The standard InChI is InChI=1S/C17H17ClFNO/c1-2-21-17-9-6-11(10-14(17)18)20-16-8-7-12-13(16)4-3-5-15(12)19/h3-6,9-10,16,20H,2,7-8H2,1H3. The first kappa shape index (κ1) is 14.2. The minimum absolute atomic E-state index is 0.110. The second-order valence-corrected chi connectivity index (χ2v) is 5.53. The fourth-order valence-electron chi connectivity index (χ4n) is 2.82. The zero-order valence-corrected chi connectivity index (χ0v) is 12.6. The van der Waals surface area contributed by atoms with Gasteiger partial charge in [-0.05, 0) is 55.2 Å². The molecule has 0 bridgehead atoms. The molecule has 21 heavy (non-hydrogen) atoms. The molecule has 110 valence electrons. The lowest BCUT2D eigenvalue weighted by Crippen LogP contribution is -2.07. The van der Waals surface area contributed by atoms with Crippen LogP contribution in [-0.4, -0.2) is 6.61 Å². The summed E-state index contributed by atoms with van der Waals surface area (Å²) in [6, 6.07) is 11.0. The van der Waals surface area contributed by atoms with Gasteiger partial charge in [0.15, 0.2) is 0 Å². The van der Waals surface area contributed by atoms with Gasteiger partial charge in [0.05, 0.1) is 17.7 Å². The Hall–Kier alpha value is -1.74. The van der Waals surface area contributed by atoms with E-state index in [2.05, 4.69) is 5.32 Å². The second kappa shape index (κ2) is 5.94. The van der Waals surface area contributed by atoms with Crippen LogP contribution in [0.15, 0.2) is 36.4 Å². The molecule has 0 radical (unpaired) electrons. The zero-order chi connectivity index (χ0) is 14.8. The molecule has 4 heteroatoms. The van der Waals surface area contributed by atoms with Crippen LogP contribution in [0.2, 0.25) is 5.02 Å². The first-order valence-electron chi connectivity index (χ1n) is 7.15. The van der Waals surface area contributed by atoms with Gasteiger partial charge in [-0.2, -0.15) is 0 Å². The monoisotopic (exact) mass is 305 g/mol. The normalized spacial score (nSPS) is 16.6. The van der Waals surface area contributed by atoms with Crippen molar-refractivity contribution < 1.29 is 9.13 Å².